The number of nitrogens with zero attached hydrogens (tertiary/aromatic N) is 4. The third-order valence-corrected chi connectivity index (χ3v) is 5.36. The highest BCUT2D eigenvalue weighted by molar-refractivity contribution is 7.18. The number of aromatic nitrogens is 4. The van der Waals surface area contributed by atoms with Gasteiger partial charge >= 0.3 is 0 Å². The third-order valence-electron chi connectivity index (χ3n) is 4.38. The molecule has 1 aromatic carbocycles. The Kier molecular flexibility index (Phi) is 5.15. The quantitative estimate of drug-likeness (QED) is 0.453. The maximum atomic E-state index is 12.7. The summed E-state index contributed by atoms with van der Waals surface area (Å²) in [5, 5.41) is 14.8. The molecule has 4 aromatic rings. The highest BCUT2D eigenvalue weighted by Crippen LogP contribution is 2.34. The Hall–Kier alpha value is -3.79. The van der Waals surface area contributed by atoms with Crippen molar-refractivity contribution in [2.75, 3.05) is 16.0 Å². The van der Waals surface area contributed by atoms with Crippen molar-refractivity contribution in [3.8, 4) is 0 Å². The lowest BCUT2D eigenvalue weighted by Gasteiger charge is -2.14. The van der Waals surface area contributed by atoms with E-state index in [2.05, 4.69) is 31.0 Å². The number of carbonyl (C=O) groups is 2. The number of fused-ring (bicyclic) bond motifs is 1. The summed E-state index contributed by atoms with van der Waals surface area (Å²) in [6.45, 7) is 3.40. The molecule has 152 valence electrons. The summed E-state index contributed by atoms with van der Waals surface area (Å²) in [6, 6.07) is 7.34. The molecule has 2 amide bonds. The molecular formula is C20H19N7O2S. The number of carbonyl (C=O) groups excluding carboxylic acids is 2. The maximum Gasteiger partial charge on any atom is 0.259 e. The SMILES string of the molecule is CC(=O)Nc1cccc(C)c1Nc1ncnc2c(C(=O)Nc3ccn(C)n3)csc12. The fourth-order valence-electron chi connectivity index (χ4n) is 3.01. The first-order valence-corrected chi connectivity index (χ1v) is 9.98. The summed E-state index contributed by atoms with van der Waals surface area (Å²) in [5.74, 6) is 0.567. The molecule has 0 saturated carbocycles. The van der Waals surface area contributed by atoms with Gasteiger partial charge in [0.05, 0.1) is 27.2 Å². The molecule has 0 atom stereocenters. The molecule has 0 spiro atoms. The number of nitrogens with one attached hydrogen (secondary N) is 3. The number of para-hydroxylation sites is 1. The molecule has 3 aromatic heterocycles. The smallest absolute Gasteiger partial charge is 0.259 e. The average Bonchev–Trinajstić information content (AvgIpc) is 3.30. The van der Waals surface area contributed by atoms with Gasteiger partial charge in [0.15, 0.2) is 11.6 Å². The van der Waals surface area contributed by atoms with E-state index in [-0.39, 0.29) is 11.8 Å². The second-order valence-electron chi connectivity index (χ2n) is 6.68. The van der Waals surface area contributed by atoms with Crippen LogP contribution in [0.15, 0.2) is 42.2 Å². The first-order chi connectivity index (χ1) is 14.4. The number of hydrogen-bond acceptors (Lipinski definition) is 7. The number of hydrogen-bond donors (Lipinski definition) is 3. The molecule has 9 nitrogen and oxygen atoms in total. The fourth-order valence-corrected chi connectivity index (χ4v) is 3.96. The standard InChI is InChI=1S/C20H19N7O2S/c1-11-5-4-6-14(23-12(2)28)16(11)25-19-18-17(21-10-22-19)13(9-30-18)20(29)24-15-7-8-27(3)26-15/h4-10H,1-3H3,(H,23,28)(H,21,22,25)(H,24,26,29). The van der Waals surface area contributed by atoms with Crippen LogP contribution >= 0.6 is 11.3 Å². The van der Waals surface area contributed by atoms with Gasteiger partial charge in [-0.25, -0.2) is 9.97 Å². The lowest BCUT2D eigenvalue weighted by Crippen LogP contribution is -2.12. The Morgan fingerprint density at radius 2 is 1.97 bits per heavy atom. The van der Waals surface area contributed by atoms with Crippen molar-refractivity contribution >= 4 is 56.4 Å². The van der Waals surface area contributed by atoms with Crippen LogP contribution in [-0.4, -0.2) is 31.6 Å². The van der Waals surface area contributed by atoms with Crippen molar-refractivity contribution in [3.63, 3.8) is 0 Å². The summed E-state index contributed by atoms with van der Waals surface area (Å²) >= 11 is 1.37. The van der Waals surface area contributed by atoms with Crippen LogP contribution in [0.2, 0.25) is 0 Å². The highest BCUT2D eigenvalue weighted by atomic mass is 32.1. The topological polar surface area (TPSA) is 114 Å². The molecule has 10 heteroatoms. The van der Waals surface area contributed by atoms with Crippen LogP contribution in [0.1, 0.15) is 22.8 Å². The minimum Gasteiger partial charge on any atom is -0.337 e. The lowest BCUT2D eigenvalue weighted by atomic mass is 10.1. The molecule has 0 bridgehead atoms. The summed E-state index contributed by atoms with van der Waals surface area (Å²) in [7, 11) is 1.78. The van der Waals surface area contributed by atoms with E-state index in [1.54, 1.807) is 29.4 Å². The second-order valence-corrected chi connectivity index (χ2v) is 7.56. The van der Waals surface area contributed by atoms with E-state index in [1.165, 1.54) is 24.6 Å². The second kappa shape index (κ2) is 7.91. The van der Waals surface area contributed by atoms with Crippen LogP contribution < -0.4 is 16.0 Å². The first-order valence-electron chi connectivity index (χ1n) is 9.10. The Balaban J connectivity index is 1.68. The number of amides is 2. The molecule has 0 aliphatic rings. The Morgan fingerprint density at radius 3 is 2.70 bits per heavy atom. The summed E-state index contributed by atoms with van der Waals surface area (Å²) in [5.41, 5.74) is 3.32. The van der Waals surface area contributed by atoms with Gasteiger partial charge in [-0.05, 0) is 18.6 Å². The molecule has 0 aliphatic carbocycles. The molecular weight excluding hydrogens is 402 g/mol. The van der Waals surface area contributed by atoms with Crippen molar-refractivity contribution in [2.24, 2.45) is 7.05 Å². The largest absolute Gasteiger partial charge is 0.337 e. The van der Waals surface area contributed by atoms with E-state index in [1.807, 2.05) is 25.1 Å². The monoisotopic (exact) mass is 421 g/mol. The zero-order valence-electron chi connectivity index (χ0n) is 16.6. The van der Waals surface area contributed by atoms with Crippen LogP contribution in [0.4, 0.5) is 23.0 Å². The Morgan fingerprint density at radius 1 is 1.13 bits per heavy atom. The van der Waals surface area contributed by atoms with Gasteiger partial charge < -0.3 is 16.0 Å². The molecule has 4 rings (SSSR count). The Labute approximate surface area is 176 Å². The molecule has 0 radical (unpaired) electrons. The summed E-state index contributed by atoms with van der Waals surface area (Å²) in [4.78, 5) is 32.9. The third kappa shape index (κ3) is 3.85. The zero-order valence-corrected chi connectivity index (χ0v) is 17.4. The van der Waals surface area contributed by atoms with Crippen LogP contribution in [0, 0.1) is 6.92 Å². The first kappa shape index (κ1) is 19.5. The van der Waals surface area contributed by atoms with E-state index in [0.717, 1.165) is 16.0 Å². The van der Waals surface area contributed by atoms with Gasteiger partial charge in [-0.15, -0.1) is 11.3 Å². The summed E-state index contributed by atoms with van der Waals surface area (Å²) < 4.78 is 2.35. The van der Waals surface area contributed by atoms with E-state index in [4.69, 9.17) is 0 Å². The van der Waals surface area contributed by atoms with Crippen molar-refractivity contribution < 1.29 is 9.59 Å². The van der Waals surface area contributed by atoms with E-state index in [0.29, 0.717) is 28.4 Å². The van der Waals surface area contributed by atoms with Gasteiger partial charge in [0.1, 0.15) is 6.33 Å². The average molecular weight is 421 g/mol. The molecule has 3 heterocycles. The van der Waals surface area contributed by atoms with Gasteiger partial charge in [0.2, 0.25) is 5.91 Å². The minimum atomic E-state index is -0.292. The van der Waals surface area contributed by atoms with Gasteiger partial charge in [-0.2, -0.15) is 5.10 Å². The van der Waals surface area contributed by atoms with Gasteiger partial charge in [0, 0.05) is 31.6 Å². The number of rotatable bonds is 5. The predicted octanol–water partition coefficient (Wildman–Crippen LogP) is 3.69. The molecule has 3 N–H and O–H groups in total. The summed E-state index contributed by atoms with van der Waals surface area (Å²) in [6.07, 6.45) is 3.16. The van der Waals surface area contributed by atoms with Crippen molar-refractivity contribution in [1.29, 1.82) is 0 Å². The zero-order chi connectivity index (χ0) is 21.3. The Bertz CT molecular complexity index is 1260. The molecule has 0 unspecified atom stereocenters. The molecule has 0 fully saturated rings. The molecule has 30 heavy (non-hydrogen) atoms. The maximum absolute atomic E-state index is 12.7. The van der Waals surface area contributed by atoms with Crippen molar-refractivity contribution in [1.82, 2.24) is 19.7 Å². The van der Waals surface area contributed by atoms with E-state index < -0.39 is 0 Å². The van der Waals surface area contributed by atoms with E-state index in [9.17, 15) is 9.59 Å². The van der Waals surface area contributed by atoms with Gasteiger partial charge in [0.25, 0.3) is 5.91 Å². The van der Waals surface area contributed by atoms with Gasteiger partial charge in [-0.3, -0.25) is 14.3 Å². The predicted molar refractivity (Wildman–Crippen MR) is 117 cm³/mol. The van der Waals surface area contributed by atoms with Crippen LogP contribution in [-0.2, 0) is 11.8 Å². The molecule has 0 saturated heterocycles. The van der Waals surface area contributed by atoms with E-state index >= 15 is 0 Å². The van der Waals surface area contributed by atoms with Crippen LogP contribution in [0.3, 0.4) is 0 Å². The fraction of sp³-hybridized carbons (Fsp3) is 0.150. The molecule has 0 aliphatic heterocycles. The van der Waals surface area contributed by atoms with Crippen molar-refractivity contribution in [3.05, 3.63) is 53.3 Å². The van der Waals surface area contributed by atoms with Crippen molar-refractivity contribution in [2.45, 2.75) is 13.8 Å². The normalized spacial score (nSPS) is 10.8. The van der Waals surface area contributed by atoms with Crippen LogP contribution in [0.25, 0.3) is 10.2 Å². The number of benzene rings is 1. The minimum absolute atomic E-state index is 0.166. The van der Waals surface area contributed by atoms with Gasteiger partial charge in [-0.1, -0.05) is 12.1 Å². The number of anilines is 4. The lowest BCUT2D eigenvalue weighted by molar-refractivity contribution is -0.114. The van der Waals surface area contributed by atoms with Crippen LogP contribution in [0.5, 0.6) is 0 Å². The highest BCUT2D eigenvalue weighted by Gasteiger charge is 2.18. The number of thiophene rings is 1. The number of aryl methyl sites for hydroxylation is 2.